The summed E-state index contributed by atoms with van der Waals surface area (Å²) in [6, 6.07) is 0.631. The van der Waals surface area contributed by atoms with Gasteiger partial charge in [0.25, 0.3) is 10.2 Å². The molecule has 1 atom stereocenters. The molecule has 2 saturated heterocycles. The van der Waals surface area contributed by atoms with Crippen molar-refractivity contribution in [1.29, 1.82) is 0 Å². The Morgan fingerprint density at radius 1 is 1.20 bits per heavy atom. The van der Waals surface area contributed by atoms with E-state index in [0.29, 0.717) is 25.0 Å². The highest BCUT2D eigenvalue weighted by Gasteiger charge is 2.35. The molecule has 2 rings (SSSR count). The van der Waals surface area contributed by atoms with Gasteiger partial charge in [-0.15, -0.1) is 12.4 Å². The average molecular weight is 326 g/mol. The summed E-state index contributed by atoms with van der Waals surface area (Å²) >= 11 is 0. The first-order valence-corrected chi connectivity index (χ1v) is 8.79. The van der Waals surface area contributed by atoms with Crippen LogP contribution in [0.4, 0.5) is 0 Å². The van der Waals surface area contributed by atoms with E-state index in [0.717, 1.165) is 19.4 Å². The Balaban J connectivity index is 0.00000200. The molecule has 0 aliphatic carbocycles. The normalized spacial score (nSPS) is 26.1. The van der Waals surface area contributed by atoms with Gasteiger partial charge in [-0.05, 0) is 52.0 Å². The summed E-state index contributed by atoms with van der Waals surface area (Å²) in [5.74, 6) is 0.651. The molecular weight excluding hydrogens is 298 g/mol. The van der Waals surface area contributed by atoms with Crippen molar-refractivity contribution in [1.82, 2.24) is 13.9 Å². The number of piperidine rings is 1. The maximum absolute atomic E-state index is 12.4. The van der Waals surface area contributed by atoms with E-state index in [1.807, 2.05) is 13.8 Å². The molecule has 5 nitrogen and oxygen atoms in total. The van der Waals surface area contributed by atoms with E-state index in [1.54, 1.807) is 11.4 Å². The van der Waals surface area contributed by atoms with Crippen LogP contribution in [0.2, 0.25) is 0 Å². The molecule has 0 radical (unpaired) electrons. The maximum atomic E-state index is 12.4. The predicted octanol–water partition coefficient (Wildman–Crippen LogP) is 1.46. The summed E-state index contributed by atoms with van der Waals surface area (Å²) in [4.78, 5) is 0. The van der Waals surface area contributed by atoms with Crippen molar-refractivity contribution in [3.63, 3.8) is 0 Å². The minimum atomic E-state index is -3.26. The van der Waals surface area contributed by atoms with Crippen molar-refractivity contribution in [2.75, 3.05) is 26.7 Å². The van der Waals surface area contributed by atoms with E-state index in [1.165, 1.54) is 17.1 Å². The molecule has 20 heavy (non-hydrogen) atoms. The quantitative estimate of drug-likeness (QED) is 0.851. The van der Waals surface area contributed by atoms with Crippen LogP contribution in [-0.2, 0) is 10.2 Å². The third-order valence-electron chi connectivity index (χ3n) is 4.58. The van der Waals surface area contributed by atoms with Gasteiger partial charge in [-0.25, -0.2) is 0 Å². The molecule has 2 aliphatic rings. The topological polar surface area (TPSA) is 52.7 Å². The van der Waals surface area contributed by atoms with Gasteiger partial charge in [-0.2, -0.15) is 17.0 Å². The fourth-order valence-electron chi connectivity index (χ4n) is 3.07. The number of hydrogen-bond acceptors (Lipinski definition) is 3. The molecular formula is C13H28ClN3O2S. The number of nitrogens with zero attached hydrogens (tertiary/aromatic N) is 2. The second-order valence-electron chi connectivity index (χ2n) is 6.06. The summed E-state index contributed by atoms with van der Waals surface area (Å²) < 4.78 is 27.9. The van der Waals surface area contributed by atoms with E-state index in [-0.39, 0.29) is 18.4 Å². The summed E-state index contributed by atoms with van der Waals surface area (Å²) in [5.41, 5.74) is 0. The van der Waals surface area contributed by atoms with Crippen molar-refractivity contribution >= 4 is 22.6 Å². The van der Waals surface area contributed by atoms with Crippen LogP contribution >= 0.6 is 12.4 Å². The summed E-state index contributed by atoms with van der Waals surface area (Å²) in [6.07, 6.45) is 4.49. The Morgan fingerprint density at radius 2 is 1.80 bits per heavy atom. The van der Waals surface area contributed by atoms with Crippen LogP contribution in [0.3, 0.4) is 0 Å². The molecule has 120 valence electrons. The molecule has 0 aromatic heterocycles. The first kappa shape index (κ1) is 18.2. The molecule has 2 aliphatic heterocycles. The van der Waals surface area contributed by atoms with Gasteiger partial charge in [0.1, 0.15) is 0 Å². The lowest BCUT2D eigenvalue weighted by molar-refractivity contribution is 0.221. The number of halogens is 1. The van der Waals surface area contributed by atoms with Gasteiger partial charge in [0.15, 0.2) is 0 Å². The largest absolute Gasteiger partial charge is 0.314 e. The van der Waals surface area contributed by atoms with Crippen LogP contribution in [0.1, 0.15) is 39.5 Å². The van der Waals surface area contributed by atoms with Crippen LogP contribution in [0, 0.1) is 5.92 Å². The van der Waals surface area contributed by atoms with Crippen LogP contribution < -0.4 is 5.32 Å². The summed E-state index contributed by atoms with van der Waals surface area (Å²) in [7, 11) is -1.59. The highest BCUT2D eigenvalue weighted by molar-refractivity contribution is 7.86. The highest BCUT2D eigenvalue weighted by atomic mass is 35.5. The molecule has 0 aromatic rings. The highest BCUT2D eigenvalue weighted by Crippen LogP contribution is 2.27. The van der Waals surface area contributed by atoms with Crippen LogP contribution in [0.15, 0.2) is 0 Å². The molecule has 0 bridgehead atoms. The number of rotatable bonds is 4. The third kappa shape index (κ3) is 3.85. The van der Waals surface area contributed by atoms with E-state index in [2.05, 4.69) is 5.32 Å². The Morgan fingerprint density at radius 3 is 2.25 bits per heavy atom. The lowest BCUT2D eigenvalue weighted by Gasteiger charge is -2.36. The molecule has 2 fully saturated rings. The van der Waals surface area contributed by atoms with Gasteiger partial charge in [-0.3, -0.25) is 0 Å². The molecule has 0 spiro atoms. The zero-order valence-electron chi connectivity index (χ0n) is 12.7. The van der Waals surface area contributed by atoms with Crippen LogP contribution in [-0.4, -0.2) is 55.8 Å². The fourth-order valence-corrected chi connectivity index (χ4v) is 4.64. The van der Waals surface area contributed by atoms with Crippen molar-refractivity contribution in [3.8, 4) is 0 Å². The van der Waals surface area contributed by atoms with Gasteiger partial charge in [0.05, 0.1) is 0 Å². The van der Waals surface area contributed by atoms with Crippen LogP contribution in [0.5, 0.6) is 0 Å². The van der Waals surface area contributed by atoms with E-state index >= 15 is 0 Å². The molecule has 1 N–H and O–H groups in total. The molecule has 0 amide bonds. The first-order chi connectivity index (χ1) is 8.93. The fraction of sp³-hybridized carbons (Fsp3) is 1.00. The minimum Gasteiger partial charge on any atom is -0.314 e. The maximum Gasteiger partial charge on any atom is 0.281 e. The monoisotopic (exact) mass is 325 g/mol. The zero-order chi connectivity index (χ0) is 14.0. The predicted molar refractivity (Wildman–Crippen MR) is 84.4 cm³/mol. The summed E-state index contributed by atoms with van der Waals surface area (Å²) in [5, 5.41) is 3.54. The third-order valence-corrected chi connectivity index (χ3v) is 6.75. The molecule has 0 saturated carbocycles. The van der Waals surface area contributed by atoms with Crippen molar-refractivity contribution < 1.29 is 8.42 Å². The summed E-state index contributed by atoms with van der Waals surface area (Å²) in [6.45, 7) is 6.28. The number of hydrogen-bond donors (Lipinski definition) is 1. The standard InChI is InChI=1S/C13H27N3O2S.ClH/c1-11(2)15(3)19(17,18)16-9-6-12(7-10-16)13-5-4-8-14-13;/h11-14H,4-10H2,1-3H3;1H. The molecule has 2 heterocycles. The van der Waals surface area contributed by atoms with Gasteiger partial charge in [0, 0.05) is 32.2 Å². The second-order valence-corrected chi connectivity index (χ2v) is 8.05. The van der Waals surface area contributed by atoms with E-state index in [4.69, 9.17) is 0 Å². The Labute approximate surface area is 129 Å². The smallest absolute Gasteiger partial charge is 0.281 e. The van der Waals surface area contributed by atoms with E-state index < -0.39 is 10.2 Å². The molecule has 7 heteroatoms. The van der Waals surface area contributed by atoms with Gasteiger partial charge >= 0.3 is 0 Å². The minimum absolute atomic E-state index is 0. The number of nitrogens with one attached hydrogen (secondary N) is 1. The Bertz CT molecular complexity index is 388. The lowest BCUT2D eigenvalue weighted by atomic mass is 9.89. The first-order valence-electron chi connectivity index (χ1n) is 7.39. The van der Waals surface area contributed by atoms with Crippen molar-refractivity contribution in [2.24, 2.45) is 5.92 Å². The van der Waals surface area contributed by atoms with E-state index in [9.17, 15) is 8.42 Å². The van der Waals surface area contributed by atoms with Gasteiger partial charge < -0.3 is 5.32 Å². The van der Waals surface area contributed by atoms with Gasteiger partial charge in [-0.1, -0.05) is 0 Å². The zero-order valence-corrected chi connectivity index (χ0v) is 14.3. The van der Waals surface area contributed by atoms with Crippen molar-refractivity contribution in [3.05, 3.63) is 0 Å². The lowest BCUT2D eigenvalue weighted by Crippen LogP contribution is -2.49. The van der Waals surface area contributed by atoms with Crippen molar-refractivity contribution in [2.45, 2.75) is 51.6 Å². The Hall–Kier alpha value is 0.120. The average Bonchev–Trinajstić information content (AvgIpc) is 2.91. The van der Waals surface area contributed by atoms with Gasteiger partial charge in [0.2, 0.25) is 0 Å². The molecule has 1 unspecified atom stereocenters. The second kappa shape index (κ2) is 7.40. The molecule has 0 aromatic carbocycles. The van der Waals surface area contributed by atoms with Crippen LogP contribution in [0.25, 0.3) is 0 Å². The SMILES string of the molecule is CC(C)N(C)S(=O)(=O)N1CCC(C2CCCN2)CC1.Cl. The Kier molecular flexibility index (Phi) is 6.73.